The maximum atomic E-state index is 6.01. The number of hydrogen-bond acceptors (Lipinski definition) is 5. The largest absolute Gasteiger partial charge is 0.330 e. The molecule has 2 aromatic rings. The van der Waals surface area contributed by atoms with Gasteiger partial charge in [-0.25, -0.2) is 4.98 Å². The molecule has 0 aliphatic heterocycles. The fraction of sp³-hybridized carbons (Fsp3) is 0.647. The van der Waals surface area contributed by atoms with Crippen LogP contribution in [-0.4, -0.2) is 27.4 Å². The fourth-order valence-corrected chi connectivity index (χ4v) is 5.16. The summed E-state index contributed by atoms with van der Waals surface area (Å²) in [6.45, 7) is 1.64. The van der Waals surface area contributed by atoms with E-state index in [0.29, 0.717) is 17.4 Å². The number of aryl methyl sites for hydroxylation is 1. The third-order valence-electron chi connectivity index (χ3n) is 5.78. The molecule has 1 spiro atoms. The van der Waals surface area contributed by atoms with Crippen LogP contribution in [0.5, 0.6) is 0 Å². The standard InChI is InChI=1S/C17H25N5S/c1-22-8-4-14(21-22)16-20-13(11-23-16)10-19-15-12(9-18)3-7-17(15)5-2-6-17/h4,8,11-12,15,19H,2-3,5-7,9-10,18H2,1H3. The Balaban J connectivity index is 1.43. The average Bonchev–Trinajstić information content (AvgIpc) is 3.21. The molecule has 2 aliphatic rings. The monoisotopic (exact) mass is 331 g/mol. The summed E-state index contributed by atoms with van der Waals surface area (Å²) >= 11 is 1.67. The van der Waals surface area contributed by atoms with Crippen LogP contribution in [0.2, 0.25) is 0 Å². The van der Waals surface area contributed by atoms with Gasteiger partial charge in [0, 0.05) is 31.2 Å². The van der Waals surface area contributed by atoms with Crippen molar-refractivity contribution in [1.82, 2.24) is 20.1 Å². The average molecular weight is 331 g/mol. The molecule has 0 bridgehead atoms. The quantitative estimate of drug-likeness (QED) is 0.883. The van der Waals surface area contributed by atoms with Gasteiger partial charge in [0.2, 0.25) is 0 Å². The highest BCUT2D eigenvalue weighted by molar-refractivity contribution is 7.13. The highest BCUT2D eigenvalue weighted by atomic mass is 32.1. The van der Waals surface area contributed by atoms with Crippen LogP contribution in [0.1, 0.15) is 37.8 Å². The van der Waals surface area contributed by atoms with Gasteiger partial charge in [0.15, 0.2) is 0 Å². The summed E-state index contributed by atoms with van der Waals surface area (Å²) in [4.78, 5) is 4.75. The SMILES string of the molecule is Cn1ccc(-c2nc(CNC3C(CN)CCC34CCC4)cs2)n1. The second-order valence-corrected chi connectivity index (χ2v) is 7.99. The molecule has 2 heterocycles. The maximum absolute atomic E-state index is 6.01. The molecule has 2 fully saturated rings. The summed E-state index contributed by atoms with van der Waals surface area (Å²) in [5, 5.41) is 11.4. The maximum Gasteiger partial charge on any atom is 0.144 e. The Hall–Kier alpha value is -1.24. The number of nitrogens with zero attached hydrogens (tertiary/aromatic N) is 3. The van der Waals surface area contributed by atoms with Gasteiger partial charge in [0.1, 0.15) is 10.7 Å². The highest BCUT2D eigenvalue weighted by Gasteiger charge is 2.50. The Morgan fingerprint density at radius 1 is 1.43 bits per heavy atom. The van der Waals surface area contributed by atoms with E-state index in [-0.39, 0.29) is 0 Å². The van der Waals surface area contributed by atoms with E-state index in [1.165, 1.54) is 32.1 Å². The third kappa shape index (κ3) is 2.73. The Kier molecular flexibility index (Phi) is 3.99. The van der Waals surface area contributed by atoms with Crippen molar-refractivity contribution in [3.63, 3.8) is 0 Å². The van der Waals surface area contributed by atoms with E-state index in [1.54, 1.807) is 11.3 Å². The van der Waals surface area contributed by atoms with E-state index in [2.05, 4.69) is 15.8 Å². The molecule has 6 heteroatoms. The predicted molar refractivity (Wildman–Crippen MR) is 93.0 cm³/mol. The summed E-state index contributed by atoms with van der Waals surface area (Å²) < 4.78 is 1.82. The van der Waals surface area contributed by atoms with Gasteiger partial charge in [0.25, 0.3) is 0 Å². The number of thiazole rings is 1. The van der Waals surface area contributed by atoms with Crippen LogP contribution < -0.4 is 11.1 Å². The third-order valence-corrected chi connectivity index (χ3v) is 6.70. The first-order chi connectivity index (χ1) is 11.2. The van der Waals surface area contributed by atoms with Crippen molar-refractivity contribution in [3.05, 3.63) is 23.3 Å². The van der Waals surface area contributed by atoms with Crippen molar-refractivity contribution in [2.75, 3.05) is 6.54 Å². The smallest absolute Gasteiger partial charge is 0.144 e. The minimum atomic E-state index is 0.532. The van der Waals surface area contributed by atoms with Gasteiger partial charge in [-0.2, -0.15) is 5.10 Å². The summed E-state index contributed by atoms with van der Waals surface area (Å²) in [5.41, 5.74) is 8.62. The summed E-state index contributed by atoms with van der Waals surface area (Å²) in [7, 11) is 1.94. The molecular formula is C17H25N5S. The van der Waals surface area contributed by atoms with Crippen molar-refractivity contribution in [2.24, 2.45) is 24.1 Å². The molecule has 23 heavy (non-hydrogen) atoms. The lowest BCUT2D eigenvalue weighted by Crippen LogP contribution is -2.49. The van der Waals surface area contributed by atoms with E-state index < -0.39 is 0 Å². The van der Waals surface area contributed by atoms with Gasteiger partial charge in [-0.1, -0.05) is 6.42 Å². The zero-order valence-electron chi connectivity index (χ0n) is 13.7. The molecule has 3 N–H and O–H groups in total. The van der Waals surface area contributed by atoms with Crippen LogP contribution in [0.3, 0.4) is 0 Å². The molecule has 124 valence electrons. The minimum absolute atomic E-state index is 0.532. The van der Waals surface area contributed by atoms with Crippen molar-refractivity contribution in [2.45, 2.75) is 44.7 Å². The van der Waals surface area contributed by atoms with Crippen molar-refractivity contribution < 1.29 is 0 Å². The Bertz CT molecular complexity index is 672. The lowest BCUT2D eigenvalue weighted by molar-refractivity contribution is 0.0881. The summed E-state index contributed by atoms with van der Waals surface area (Å²) in [5.74, 6) is 0.629. The topological polar surface area (TPSA) is 68.8 Å². The van der Waals surface area contributed by atoms with E-state index in [0.717, 1.165) is 29.5 Å². The first kappa shape index (κ1) is 15.3. The van der Waals surface area contributed by atoms with Gasteiger partial charge in [0.05, 0.1) is 5.69 Å². The number of nitrogens with one attached hydrogen (secondary N) is 1. The predicted octanol–water partition coefficient (Wildman–Crippen LogP) is 2.54. The Labute approximate surface area is 141 Å². The van der Waals surface area contributed by atoms with E-state index >= 15 is 0 Å². The van der Waals surface area contributed by atoms with E-state index in [1.807, 2.05) is 24.0 Å². The van der Waals surface area contributed by atoms with Crippen LogP contribution in [0.15, 0.2) is 17.6 Å². The number of rotatable bonds is 5. The molecule has 2 aliphatic carbocycles. The molecule has 0 saturated heterocycles. The second kappa shape index (κ2) is 6.00. The Morgan fingerprint density at radius 2 is 2.30 bits per heavy atom. The number of hydrogen-bond donors (Lipinski definition) is 2. The first-order valence-electron chi connectivity index (χ1n) is 8.58. The zero-order chi connectivity index (χ0) is 15.9. The van der Waals surface area contributed by atoms with Gasteiger partial charge < -0.3 is 11.1 Å². The van der Waals surface area contributed by atoms with Crippen LogP contribution in [0.4, 0.5) is 0 Å². The highest BCUT2D eigenvalue weighted by Crippen LogP contribution is 2.55. The molecule has 2 unspecified atom stereocenters. The molecule has 4 rings (SSSR count). The van der Waals surface area contributed by atoms with Gasteiger partial charge in [-0.3, -0.25) is 4.68 Å². The molecular weight excluding hydrogens is 306 g/mol. The zero-order valence-corrected chi connectivity index (χ0v) is 14.5. The molecule has 0 radical (unpaired) electrons. The fourth-order valence-electron chi connectivity index (χ4n) is 4.37. The minimum Gasteiger partial charge on any atom is -0.330 e. The number of nitrogens with two attached hydrogens (primary N) is 1. The first-order valence-corrected chi connectivity index (χ1v) is 9.46. The normalized spacial score (nSPS) is 25.8. The molecule has 5 nitrogen and oxygen atoms in total. The summed E-state index contributed by atoms with van der Waals surface area (Å²) in [6.07, 6.45) is 8.72. The number of aromatic nitrogens is 3. The van der Waals surface area contributed by atoms with Crippen LogP contribution in [0.25, 0.3) is 10.7 Å². The molecule has 0 aromatic carbocycles. The summed E-state index contributed by atoms with van der Waals surface area (Å²) in [6, 6.07) is 2.59. The van der Waals surface area contributed by atoms with Crippen LogP contribution in [-0.2, 0) is 13.6 Å². The lowest BCUT2D eigenvalue weighted by atomic mass is 9.64. The van der Waals surface area contributed by atoms with Crippen LogP contribution >= 0.6 is 11.3 Å². The van der Waals surface area contributed by atoms with Gasteiger partial charge in [-0.05, 0) is 49.6 Å². The van der Waals surface area contributed by atoms with Crippen molar-refractivity contribution >= 4 is 11.3 Å². The van der Waals surface area contributed by atoms with Crippen molar-refractivity contribution in [1.29, 1.82) is 0 Å². The van der Waals surface area contributed by atoms with Gasteiger partial charge >= 0.3 is 0 Å². The van der Waals surface area contributed by atoms with Crippen LogP contribution in [0, 0.1) is 11.3 Å². The Morgan fingerprint density at radius 3 is 2.96 bits per heavy atom. The van der Waals surface area contributed by atoms with E-state index in [9.17, 15) is 0 Å². The molecule has 2 aromatic heterocycles. The molecule has 0 amide bonds. The van der Waals surface area contributed by atoms with E-state index in [4.69, 9.17) is 10.7 Å². The molecule has 2 saturated carbocycles. The van der Waals surface area contributed by atoms with Crippen molar-refractivity contribution in [3.8, 4) is 10.7 Å². The van der Waals surface area contributed by atoms with Gasteiger partial charge in [-0.15, -0.1) is 11.3 Å². The second-order valence-electron chi connectivity index (χ2n) is 7.13. The lowest BCUT2D eigenvalue weighted by Gasteiger charge is -2.45. The molecule has 2 atom stereocenters.